The van der Waals surface area contributed by atoms with Crippen LogP contribution in [0.1, 0.15) is 33.3 Å². The lowest BCUT2D eigenvalue weighted by Gasteiger charge is -2.11. The zero-order valence-corrected chi connectivity index (χ0v) is 16.4. The fraction of sp³-hybridized carbons (Fsp3) is 0.120. The molecule has 0 aliphatic carbocycles. The highest BCUT2D eigenvalue weighted by molar-refractivity contribution is 6.10. The molecule has 0 saturated heterocycles. The summed E-state index contributed by atoms with van der Waals surface area (Å²) in [6.07, 6.45) is 0.826. The van der Waals surface area contributed by atoms with Gasteiger partial charge in [-0.25, -0.2) is 0 Å². The molecular weight excluding hydrogens is 362 g/mol. The zero-order chi connectivity index (χ0) is 20.4. The van der Waals surface area contributed by atoms with E-state index >= 15 is 0 Å². The summed E-state index contributed by atoms with van der Waals surface area (Å²) < 4.78 is 7.40. The van der Waals surface area contributed by atoms with Gasteiger partial charge in [0.15, 0.2) is 5.78 Å². The molecule has 0 saturated carbocycles. The minimum Gasteiger partial charge on any atom is -0.497 e. The number of fused-ring (bicyclic) bond motifs is 1. The van der Waals surface area contributed by atoms with Gasteiger partial charge in [0, 0.05) is 35.5 Å². The molecule has 29 heavy (non-hydrogen) atoms. The first-order chi connectivity index (χ1) is 14.1. The number of methoxy groups -OCH3 is 1. The number of carbonyl (C=O) groups is 2. The predicted octanol–water partition coefficient (Wildman–Crippen LogP) is 5.38. The van der Waals surface area contributed by atoms with Crippen molar-refractivity contribution in [1.82, 2.24) is 4.57 Å². The summed E-state index contributed by atoms with van der Waals surface area (Å²) in [5, 5.41) is 0.989. The number of hydrogen-bond acceptors (Lipinski definition) is 3. The van der Waals surface area contributed by atoms with E-state index in [1.165, 1.54) is 0 Å². The lowest BCUT2D eigenvalue weighted by atomic mass is 9.99. The first-order valence-electron chi connectivity index (χ1n) is 9.43. The molecule has 0 fully saturated rings. The van der Waals surface area contributed by atoms with Gasteiger partial charge in [-0.3, -0.25) is 9.59 Å². The summed E-state index contributed by atoms with van der Waals surface area (Å²) in [7, 11) is 1.64. The van der Waals surface area contributed by atoms with Crippen molar-refractivity contribution in [3.05, 3.63) is 89.6 Å². The Balaban J connectivity index is 1.98. The van der Waals surface area contributed by atoms with E-state index < -0.39 is 0 Å². The van der Waals surface area contributed by atoms with Gasteiger partial charge in [0.05, 0.1) is 12.8 Å². The minimum atomic E-state index is -0.0180. The molecule has 0 aliphatic rings. The molecule has 0 bridgehead atoms. The Labute approximate surface area is 169 Å². The summed E-state index contributed by atoms with van der Waals surface area (Å²) in [6, 6.07) is 23.2. The van der Waals surface area contributed by atoms with Crippen LogP contribution in [0.15, 0.2) is 72.8 Å². The first-order valence-corrected chi connectivity index (χ1v) is 9.43. The Bertz CT molecular complexity index is 1220. The Kier molecular flexibility index (Phi) is 5.00. The zero-order valence-electron chi connectivity index (χ0n) is 16.4. The topological polar surface area (TPSA) is 48.3 Å². The van der Waals surface area contributed by atoms with E-state index in [9.17, 15) is 9.59 Å². The molecule has 0 N–H and O–H groups in total. The van der Waals surface area contributed by atoms with Gasteiger partial charge in [0.2, 0.25) is 0 Å². The van der Waals surface area contributed by atoms with Gasteiger partial charge in [-0.2, -0.15) is 0 Å². The first kappa shape index (κ1) is 18.7. The van der Waals surface area contributed by atoms with E-state index in [2.05, 4.69) is 4.57 Å². The van der Waals surface area contributed by atoms with E-state index in [-0.39, 0.29) is 5.78 Å². The molecule has 0 radical (unpaired) electrons. The van der Waals surface area contributed by atoms with Gasteiger partial charge in [-0.15, -0.1) is 0 Å². The lowest BCUT2D eigenvalue weighted by Crippen LogP contribution is -2.09. The van der Waals surface area contributed by atoms with Gasteiger partial charge in [-0.05, 0) is 35.4 Å². The van der Waals surface area contributed by atoms with Crippen molar-refractivity contribution in [3.63, 3.8) is 0 Å². The molecule has 4 rings (SSSR count). The SMILES string of the molecule is COc1cccc(Cn2c(C(C)=O)c(-c3cccc(C=O)c3)c3ccccc32)c1. The Morgan fingerprint density at radius 3 is 2.55 bits per heavy atom. The second kappa shape index (κ2) is 7.76. The van der Waals surface area contributed by atoms with Crippen LogP contribution in [0.5, 0.6) is 5.75 Å². The molecule has 144 valence electrons. The van der Waals surface area contributed by atoms with Gasteiger partial charge in [-0.1, -0.05) is 48.5 Å². The molecule has 1 heterocycles. The molecule has 0 atom stereocenters. The van der Waals surface area contributed by atoms with Gasteiger partial charge in [0.1, 0.15) is 12.0 Å². The average molecular weight is 383 g/mol. The number of ketones is 1. The summed E-state index contributed by atoms with van der Waals surface area (Å²) >= 11 is 0. The predicted molar refractivity (Wildman–Crippen MR) is 115 cm³/mol. The van der Waals surface area contributed by atoms with Crippen molar-refractivity contribution in [2.45, 2.75) is 13.5 Å². The molecule has 4 aromatic rings. The molecule has 4 heteroatoms. The number of Topliss-reactive ketones (excluding diaryl/α,β-unsaturated/α-hetero) is 1. The normalized spacial score (nSPS) is 10.8. The van der Waals surface area contributed by atoms with Crippen LogP contribution in [-0.2, 0) is 6.54 Å². The maximum Gasteiger partial charge on any atom is 0.176 e. The molecule has 4 nitrogen and oxygen atoms in total. The number of carbonyl (C=O) groups excluding carboxylic acids is 2. The van der Waals surface area contributed by atoms with E-state index in [0.29, 0.717) is 17.8 Å². The number of para-hydroxylation sites is 1. The van der Waals surface area contributed by atoms with Gasteiger partial charge in [0.25, 0.3) is 0 Å². The van der Waals surface area contributed by atoms with Crippen LogP contribution in [0.3, 0.4) is 0 Å². The Hall–Kier alpha value is -3.66. The Morgan fingerprint density at radius 1 is 1.00 bits per heavy atom. The summed E-state index contributed by atoms with van der Waals surface area (Å²) in [6.45, 7) is 2.13. The summed E-state index contributed by atoms with van der Waals surface area (Å²) in [5.74, 6) is 0.762. The molecule has 3 aromatic carbocycles. The van der Waals surface area contributed by atoms with E-state index in [1.54, 1.807) is 20.1 Å². The van der Waals surface area contributed by atoms with Gasteiger partial charge >= 0.3 is 0 Å². The standard InChI is InChI=1S/C25H21NO3/c1-17(28)25-24(20-9-5-8-19(13-20)16-27)22-11-3-4-12-23(22)26(25)15-18-7-6-10-21(14-18)29-2/h3-14,16H,15H2,1-2H3. The third kappa shape index (κ3) is 3.45. The average Bonchev–Trinajstić information content (AvgIpc) is 3.08. The van der Waals surface area contributed by atoms with Crippen molar-refractivity contribution in [2.75, 3.05) is 7.11 Å². The fourth-order valence-electron chi connectivity index (χ4n) is 3.85. The Morgan fingerprint density at radius 2 is 1.79 bits per heavy atom. The monoisotopic (exact) mass is 383 g/mol. The third-order valence-corrected chi connectivity index (χ3v) is 5.09. The number of hydrogen-bond donors (Lipinski definition) is 0. The third-order valence-electron chi connectivity index (χ3n) is 5.09. The van der Waals surface area contributed by atoms with Crippen LogP contribution in [0.4, 0.5) is 0 Å². The summed E-state index contributed by atoms with van der Waals surface area (Å²) in [5.41, 5.74) is 4.96. The maximum atomic E-state index is 12.8. The second-order valence-electron chi connectivity index (χ2n) is 6.98. The smallest absolute Gasteiger partial charge is 0.176 e. The van der Waals surface area contributed by atoms with E-state index in [4.69, 9.17) is 4.74 Å². The number of ether oxygens (including phenoxy) is 1. The second-order valence-corrected chi connectivity index (χ2v) is 6.98. The number of rotatable bonds is 6. The fourth-order valence-corrected chi connectivity index (χ4v) is 3.85. The van der Waals surface area contributed by atoms with Crippen LogP contribution >= 0.6 is 0 Å². The largest absolute Gasteiger partial charge is 0.497 e. The molecule has 1 aromatic heterocycles. The van der Waals surface area contributed by atoms with Crippen molar-refractivity contribution >= 4 is 23.0 Å². The molecule has 0 amide bonds. The van der Waals surface area contributed by atoms with Crippen molar-refractivity contribution in [3.8, 4) is 16.9 Å². The number of benzene rings is 3. The minimum absolute atomic E-state index is 0.0180. The van der Waals surface area contributed by atoms with Crippen LogP contribution in [0.25, 0.3) is 22.0 Å². The number of nitrogens with zero attached hydrogens (tertiary/aromatic N) is 1. The van der Waals surface area contributed by atoms with E-state index in [0.717, 1.165) is 39.6 Å². The van der Waals surface area contributed by atoms with Crippen molar-refractivity contribution < 1.29 is 14.3 Å². The maximum absolute atomic E-state index is 12.8. The van der Waals surface area contributed by atoms with Gasteiger partial charge < -0.3 is 9.30 Å². The quantitative estimate of drug-likeness (QED) is 0.332. The summed E-state index contributed by atoms with van der Waals surface area (Å²) in [4.78, 5) is 24.1. The molecule has 0 unspecified atom stereocenters. The van der Waals surface area contributed by atoms with Crippen molar-refractivity contribution in [2.24, 2.45) is 0 Å². The van der Waals surface area contributed by atoms with Crippen molar-refractivity contribution in [1.29, 1.82) is 0 Å². The highest BCUT2D eigenvalue weighted by atomic mass is 16.5. The highest BCUT2D eigenvalue weighted by Gasteiger charge is 2.21. The van der Waals surface area contributed by atoms with Crippen LogP contribution < -0.4 is 4.74 Å². The van der Waals surface area contributed by atoms with Crippen LogP contribution in [-0.4, -0.2) is 23.7 Å². The van der Waals surface area contributed by atoms with Crippen LogP contribution in [0.2, 0.25) is 0 Å². The highest BCUT2D eigenvalue weighted by Crippen LogP contribution is 2.36. The molecule has 0 spiro atoms. The lowest BCUT2D eigenvalue weighted by molar-refractivity contribution is 0.101. The number of aromatic nitrogens is 1. The number of aldehydes is 1. The molecular formula is C25H21NO3. The molecule has 0 aliphatic heterocycles. The van der Waals surface area contributed by atoms with E-state index in [1.807, 2.05) is 66.7 Å². The van der Waals surface area contributed by atoms with Crippen LogP contribution in [0, 0.1) is 0 Å².